The van der Waals surface area contributed by atoms with Gasteiger partial charge in [-0.3, -0.25) is 14.5 Å². The van der Waals surface area contributed by atoms with Gasteiger partial charge in [-0.2, -0.15) is 13.2 Å². The molecule has 0 radical (unpaired) electrons. The van der Waals surface area contributed by atoms with Crippen LogP contribution in [0.5, 0.6) is 5.75 Å². The summed E-state index contributed by atoms with van der Waals surface area (Å²) in [5.41, 5.74) is 0.852. The quantitative estimate of drug-likeness (QED) is 0.759. The van der Waals surface area contributed by atoms with E-state index in [1.165, 1.54) is 0 Å². The van der Waals surface area contributed by atoms with Crippen LogP contribution in [0.3, 0.4) is 0 Å². The molecule has 9 heteroatoms. The van der Waals surface area contributed by atoms with Crippen LogP contribution in [-0.4, -0.2) is 55.2 Å². The normalized spacial score (nSPS) is 18.3. The first-order chi connectivity index (χ1) is 12.3. The molecule has 1 unspecified atom stereocenters. The van der Waals surface area contributed by atoms with Crippen molar-refractivity contribution in [3.8, 4) is 5.75 Å². The van der Waals surface area contributed by atoms with Crippen molar-refractivity contribution >= 4 is 11.8 Å². The first-order valence-electron chi connectivity index (χ1n) is 8.36. The molecule has 144 valence electrons. The lowest BCUT2D eigenvalue weighted by Gasteiger charge is -2.35. The number of alkyl halides is 3. The summed E-state index contributed by atoms with van der Waals surface area (Å²) >= 11 is 0. The minimum Gasteiger partial charge on any atom is -0.494 e. The Morgan fingerprint density at radius 3 is 2.81 bits per heavy atom. The molecule has 1 atom stereocenters. The first-order valence-corrected chi connectivity index (χ1v) is 8.36. The highest BCUT2D eigenvalue weighted by Crippen LogP contribution is 2.22. The number of carbonyl (C=O) groups is 2. The molecular formula is C17H22F3N3O3. The molecule has 0 bridgehead atoms. The van der Waals surface area contributed by atoms with Crippen molar-refractivity contribution in [1.29, 1.82) is 0 Å². The van der Waals surface area contributed by atoms with E-state index in [0.717, 1.165) is 5.56 Å². The largest absolute Gasteiger partial charge is 0.494 e. The van der Waals surface area contributed by atoms with Gasteiger partial charge in [0.1, 0.15) is 12.3 Å². The Bertz CT molecular complexity index is 637. The van der Waals surface area contributed by atoms with Crippen molar-refractivity contribution in [3.05, 3.63) is 29.8 Å². The monoisotopic (exact) mass is 373 g/mol. The Balaban J connectivity index is 2.06. The number of para-hydroxylation sites is 1. The molecule has 1 aliphatic rings. The van der Waals surface area contributed by atoms with Crippen molar-refractivity contribution in [2.45, 2.75) is 32.1 Å². The van der Waals surface area contributed by atoms with Gasteiger partial charge in [0.2, 0.25) is 11.8 Å². The summed E-state index contributed by atoms with van der Waals surface area (Å²) in [4.78, 5) is 25.8. The van der Waals surface area contributed by atoms with Gasteiger partial charge in [-0.25, -0.2) is 0 Å². The topological polar surface area (TPSA) is 70.7 Å². The highest BCUT2D eigenvalue weighted by molar-refractivity contribution is 5.88. The maximum absolute atomic E-state index is 12.2. The second kappa shape index (κ2) is 8.88. The Hall–Kier alpha value is -2.29. The van der Waals surface area contributed by atoms with Gasteiger partial charge >= 0.3 is 6.18 Å². The van der Waals surface area contributed by atoms with Gasteiger partial charge in [-0.05, 0) is 13.0 Å². The second-order valence-electron chi connectivity index (χ2n) is 5.91. The van der Waals surface area contributed by atoms with Crippen LogP contribution < -0.4 is 15.4 Å². The standard InChI is InChI=1S/C17H22F3N3O3/c1-2-26-14-6-4-3-5-12(14)10-23-8-7-21-16(25)13(23)9-15(24)22-11-17(18,19)20/h3-6,13H,2,7-11H2,1H3,(H,21,25)(H,22,24). The van der Waals surface area contributed by atoms with Crippen molar-refractivity contribution in [2.24, 2.45) is 0 Å². The molecule has 1 aliphatic heterocycles. The van der Waals surface area contributed by atoms with Crippen LogP contribution in [0.15, 0.2) is 24.3 Å². The number of carbonyl (C=O) groups excluding carboxylic acids is 2. The molecule has 1 saturated heterocycles. The van der Waals surface area contributed by atoms with Gasteiger partial charge < -0.3 is 15.4 Å². The summed E-state index contributed by atoms with van der Waals surface area (Å²) in [5, 5.41) is 4.46. The summed E-state index contributed by atoms with van der Waals surface area (Å²) in [6, 6.07) is 6.52. The van der Waals surface area contributed by atoms with Gasteiger partial charge in [0.05, 0.1) is 19.1 Å². The molecule has 0 saturated carbocycles. The number of hydrogen-bond donors (Lipinski definition) is 2. The van der Waals surface area contributed by atoms with Gasteiger partial charge in [-0.1, -0.05) is 18.2 Å². The molecule has 0 aliphatic carbocycles. The molecular weight excluding hydrogens is 351 g/mol. The van der Waals surface area contributed by atoms with Crippen molar-refractivity contribution in [2.75, 3.05) is 26.2 Å². The Kier molecular flexibility index (Phi) is 6.84. The molecule has 2 rings (SSSR count). The zero-order valence-corrected chi connectivity index (χ0v) is 14.4. The van der Waals surface area contributed by atoms with E-state index in [1.54, 1.807) is 4.90 Å². The van der Waals surface area contributed by atoms with E-state index in [0.29, 0.717) is 32.0 Å². The molecule has 2 N–H and O–H groups in total. The molecule has 2 amide bonds. The summed E-state index contributed by atoms with van der Waals surface area (Å²) < 4.78 is 42.3. The number of ether oxygens (including phenoxy) is 1. The van der Waals surface area contributed by atoms with Crippen LogP contribution >= 0.6 is 0 Å². The fourth-order valence-electron chi connectivity index (χ4n) is 2.77. The highest BCUT2D eigenvalue weighted by Gasteiger charge is 2.33. The van der Waals surface area contributed by atoms with E-state index >= 15 is 0 Å². The summed E-state index contributed by atoms with van der Waals surface area (Å²) in [5.74, 6) is -0.499. The summed E-state index contributed by atoms with van der Waals surface area (Å²) in [7, 11) is 0. The number of hydrogen-bond acceptors (Lipinski definition) is 4. The SMILES string of the molecule is CCOc1ccccc1CN1CCNC(=O)C1CC(=O)NCC(F)(F)F. The average Bonchev–Trinajstić information content (AvgIpc) is 2.57. The van der Waals surface area contributed by atoms with Crippen molar-refractivity contribution in [3.63, 3.8) is 0 Å². The fourth-order valence-corrected chi connectivity index (χ4v) is 2.77. The number of nitrogens with zero attached hydrogens (tertiary/aromatic N) is 1. The lowest BCUT2D eigenvalue weighted by atomic mass is 10.1. The van der Waals surface area contributed by atoms with Crippen LogP contribution in [0, 0.1) is 0 Å². The second-order valence-corrected chi connectivity index (χ2v) is 5.91. The Morgan fingerprint density at radius 1 is 1.38 bits per heavy atom. The lowest BCUT2D eigenvalue weighted by molar-refractivity contribution is -0.141. The van der Waals surface area contributed by atoms with Crippen molar-refractivity contribution < 1.29 is 27.5 Å². The minimum absolute atomic E-state index is 0.335. The Labute approximate surface area is 149 Å². The van der Waals surface area contributed by atoms with Crippen LogP contribution in [0.4, 0.5) is 13.2 Å². The van der Waals surface area contributed by atoms with Crippen molar-refractivity contribution in [1.82, 2.24) is 15.5 Å². The zero-order valence-electron chi connectivity index (χ0n) is 14.4. The third-order valence-electron chi connectivity index (χ3n) is 3.95. The molecule has 26 heavy (non-hydrogen) atoms. The van der Waals surface area contributed by atoms with Crippen LogP contribution in [0.25, 0.3) is 0 Å². The number of rotatable bonds is 7. The van der Waals surface area contributed by atoms with E-state index < -0.39 is 24.7 Å². The molecule has 0 spiro atoms. The van der Waals surface area contributed by atoms with E-state index in [1.807, 2.05) is 36.5 Å². The number of piperazine rings is 1. The number of amides is 2. The molecule has 0 aromatic heterocycles. The zero-order chi connectivity index (χ0) is 19.2. The van der Waals surface area contributed by atoms with Gasteiger partial charge in [-0.15, -0.1) is 0 Å². The average molecular weight is 373 g/mol. The molecule has 1 heterocycles. The van der Waals surface area contributed by atoms with E-state index in [-0.39, 0.29) is 12.3 Å². The predicted octanol–water partition coefficient (Wildman–Crippen LogP) is 1.45. The lowest BCUT2D eigenvalue weighted by Crippen LogP contribution is -2.56. The smallest absolute Gasteiger partial charge is 0.405 e. The number of nitrogens with one attached hydrogen (secondary N) is 2. The first kappa shape index (κ1) is 20.0. The highest BCUT2D eigenvalue weighted by atomic mass is 19.4. The molecule has 1 aromatic carbocycles. The Morgan fingerprint density at radius 2 is 2.12 bits per heavy atom. The summed E-state index contributed by atoms with van der Waals surface area (Å²) in [6.45, 7) is 2.20. The van der Waals surface area contributed by atoms with E-state index in [9.17, 15) is 22.8 Å². The van der Waals surface area contributed by atoms with E-state index in [2.05, 4.69) is 5.32 Å². The maximum Gasteiger partial charge on any atom is 0.405 e. The molecule has 1 aromatic rings. The summed E-state index contributed by atoms with van der Waals surface area (Å²) in [6.07, 6.45) is -4.82. The fraction of sp³-hybridized carbons (Fsp3) is 0.529. The molecule has 6 nitrogen and oxygen atoms in total. The van der Waals surface area contributed by atoms with Crippen LogP contribution in [0.2, 0.25) is 0 Å². The predicted molar refractivity (Wildman–Crippen MR) is 88.5 cm³/mol. The maximum atomic E-state index is 12.2. The van der Waals surface area contributed by atoms with Gasteiger partial charge in [0.15, 0.2) is 0 Å². The third kappa shape index (κ3) is 5.91. The molecule has 1 fully saturated rings. The van der Waals surface area contributed by atoms with Gasteiger partial charge in [0, 0.05) is 25.2 Å². The number of benzene rings is 1. The minimum atomic E-state index is -4.49. The van der Waals surface area contributed by atoms with E-state index in [4.69, 9.17) is 4.74 Å². The number of halogens is 3. The van der Waals surface area contributed by atoms with Crippen LogP contribution in [-0.2, 0) is 16.1 Å². The third-order valence-corrected chi connectivity index (χ3v) is 3.95. The van der Waals surface area contributed by atoms with Crippen LogP contribution in [0.1, 0.15) is 18.9 Å². The van der Waals surface area contributed by atoms with Gasteiger partial charge in [0.25, 0.3) is 0 Å².